The zero-order chi connectivity index (χ0) is 17.2. The van der Waals surface area contributed by atoms with Crippen LogP contribution in [0.25, 0.3) is 10.8 Å². The van der Waals surface area contributed by atoms with Crippen LogP contribution in [0.3, 0.4) is 0 Å². The Kier molecular flexibility index (Phi) is 4.42. The molecule has 0 bridgehead atoms. The first-order valence-electron chi connectivity index (χ1n) is 8.36. The van der Waals surface area contributed by atoms with Gasteiger partial charge in [-0.15, -0.1) is 21.5 Å². The van der Waals surface area contributed by atoms with Crippen LogP contribution in [0.5, 0.6) is 5.75 Å². The summed E-state index contributed by atoms with van der Waals surface area (Å²) in [4.78, 5) is 5.54. The lowest BCUT2D eigenvalue weighted by molar-refractivity contribution is 0.173. The van der Waals surface area contributed by atoms with Crippen molar-refractivity contribution in [1.29, 1.82) is 0 Å². The molecule has 0 spiro atoms. The van der Waals surface area contributed by atoms with Gasteiger partial charge in [-0.05, 0) is 30.5 Å². The highest BCUT2D eigenvalue weighted by molar-refractivity contribution is 7.13. The average molecular weight is 356 g/mol. The maximum absolute atomic E-state index is 10.0. The number of aromatic hydroxyl groups is 1. The van der Waals surface area contributed by atoms with Crippen LogP contribution in [0.1, 0.15) is 18.9 Å². The van der Waals surface area contributed by atoms with Gasteiger partial charge in [0, 0.05) is 26.2 Å². The van der Waals surface area contributed by atoms with Gasteiger partial charge in [-0.2, -0.15) is 0 Å². The van der Waals surface area contributed by atoms with Crippen molar-refractivity contribution in [2.45, 2.75) is 13.0 Å². The third-order valence-corrected chi connectivity index (χ3v) is 5.47. The first kappa shape index (κ1) is 16.1. The first-order chi connectivity index (χ1) is 12.2. The minimum Gasteiger partial charge on any atom is -0.506 e. The van der Waals surface area contributed by atoms with Crippen molar-refractivity contribution in [3.63, 3.8) is 0 Å². The summed E-state index contributed by atoms with van der Waals surface area (Å²) in [5, 5.41) is 20.4. The Morgan fingerprint density at radius 3 is 2.60 bits per heavy atom. The number of hydrogen-bond acceptors (Lipinski definition) is 7. The lowest BCUT2D eigenvalue weighted by Crippen LogP contribution is -2.47. The van der Waals surface area contributed by atoms with Crippen molar-refractivity contribution < 1.29 is 9.52 Å². The fourth-order valence-electron chi connectivity index (χ4n) is 3.14. The third kappa shape index (κ3) is 3.25. The van der Waals surface area contributed by atoms with E-state index >= 15 is 0 Å². The number of benzene rings is 1. The van der Waals surface area contributed by atoms with Gasteiger partial charge in [0.2, 0.25) is 5.89 Å². The summed E-state index contributed by atoms with van der Waals surface area (Å²) in [6.45, 7) is 5.57. The zero-order valence-corrected chi connectivity index (χ0v) is 14.8. The lowest BCUT2D eigenvalue weighted by Gasteiger charge is -2.38. The molecule has 1 fully saturated rings. The SMILES string of the molecule is C[C@@H](c1nnc(-c2cccs2)o1)N1CCN(c2ccccc2O)CC1. The third-order valence-electron chi connectivity index (χ3n) is 4.61. The van der Waals surface area contributed by atoms with E-state index in [-0.39, 0.29) is 6.04 Å². The molecule has 0 unspecified atom stereocenters. The van der Waals surface area contributed by atoms with Crippen LogP contribution in [-0.4, -0.2) is 46.4 Å². The van der Waals surface area contributed by atoms with Crippen LogP contribution >= 0.6 is 11.3 Å². The molecule has 3 aromatic rings. The Morgan fingerprint density at radius 2 is 1.88 bits per heavy atom. The summed E-state index contributed by atoms with van der Waals surface area (Å²) in [5.41, 5.74) is 0.896. The summed E-state index contributed by atoms with van der Waals surface area (Å²) < 4.78 is 5.87. The second-order valence-corrected chi connectivity index (χ2v) is 7.06. The van der Waals surface area contributed by atoms with Gasteiger partial charge >= 0.3 is 0 Å². The molecule has 6 nitrogen and oxygen atoms in total. The highest BCUT2D eigenvalue weighted by Crippen LogP contribution is 2.30. The molecular formula is C18H20N4O2S. The minimum absolute atomic E-state index is 0.0766. The van der Waals surface area contributed by atoms with E-state index < -0.39 is 0 Å². The Balaban J connectivity index is 1.41. The second kappa shape index (κ2) is 6.85. The highest BCUT2D eigenvalue weighted by atomic mass is 32.1. The molecule has 1 N–H and O–H groups in total. The predicted molar refractivity (Wildman–Crippen MR) is 97.9 cm³/mol. The number of piperazine rings is 1. The van der Waals surface area contributed by atoms with E-state index in [1.807, 2.05) is 35.7 Å². The van der Waals surface area contributed by atoms with Gasteiger partial charge in [0.1, 0.15) is 5.75 Å². The van der Waals surface area contributed by atoms with Gasteiger partial charge in [-0.1, -0.05) is 18.2 Å². The van der Waals surface area contributed by atoms with Crippen LogP contribution in [0.4, 0.5) is 5.69 Å². The maximum atomic E-state index is 10.0. The second-order valence-electron chi connectivity index (χ2n) is 6.11. The largest absolute Gasteiger partial charge is 0.506 e. The monoisotopic (exact) mass is 356 g/mol. The molecule has 0 aliphatic carbocycles. The summed E-state index contributed by atoms with van der Waals surface area (Å²) in [5.74, 6) is 1.57. The van der Waals surface area contributed by atoms with Gasteiger partial charge in [-0.25, -0.2) is 0 Å². The van der Waals surface area contributed by atoms with Crippen LogP contribution in [0, 0.1) is 0 Å². The van der Waals surface area contributed by atoms with E-state index in [0.717, 1.165) is 36.7 Å². The number of thiophene rings is 1. The summed E-state index contributed by atoms with van der Waals surface area (Å²) in [6, 6.07) is 11.5. The molecule has 0 saturated carbocycles. The number of nitrogens with zero attached hydrogens (tertiary/aromatic N) is 4. The normalized spacial score (nSPS) is 16.9. The average Bonchev–Trinajstić information content (AvgIpc) is 3.33. The first-order valence-corrected chi connectivity index (χ1v) is 9.24. The van der Waals surface area contributed by atoms with Gasteiger partial charge in [-0.3, -0.25) is 4.90 Å². The summed E-state index contributed by atoms with van der Waals surface area (Å²) in [6.07, 6.45) is 0. The summed E-state index contributed by atoms with van der Waals surface area (Å²) in [7, 11) is 0. The van der Waals surface area contributed by atoms with Gasteiger partial charge in [0.15, 0.2) is 0 Å². The number of phenols is 1. The highest BCUT2D eigenvalue weighted by Gasteiger charge is 2.26. The van der Waals surface area contributed by atoms with Crippen LogP contribution in [-0.2, 0) is 0 Å². The number of para-hydroxylation sites is 2. The van der Waals surface area contributed by atoms with Crippen molar-refractivity contribution in [2.75, 3.05) is 31.1 Å². The minimum atomic E-state index is 0.0766. The lowest BCUT2D eigenvalue weighted by atomic mass is 10.2. The molecule has 1 aliphatic rings. The number of hydrogen-bond donors (Lipinski definition) is 1. The Labute approximate surface area is 150 Å². The fraction of sp³-hybridized carbons (Fsp3) is 0.333. The van der Waals surface area contributed by atoms with E-state index in [2.05, 4.69) is 26.9 Å². The van der Waals surface area contributed by atoms with E-state index in [9.17, 15) is 5.11 Å². The maximum Gasteiger partial charge on any atom is 0.257 e. The van der Waals surface area contributed by atoms with E-state index in [1.54, 1.807) is 17.4 Å². The van der Waals surface area contributed by atoms with Crippen molar-refractivity contribution in [3.05, 3.63) is 47.7 Å². The molecule has 1 atom stereocenters. The molecule has 0 amide bonds. The van der Waals surface area contributed by atoms with Crippen molar-refractivity contribution in [2.24, 2.45) is 0 Å². The van der Waals surface area contributed by atoms with Gasteiger partial charge < -0.3 is 14.4 Å². The molecule has 3 heterocycles. The quantitative estimate of drug-likeness (QED) is 0.773. The Bertz CT molecular complexity index is 825. The van der Waals surface area contributed by atoms with E-state index in [0.29, 0.717) is 17.5 Å². The molecule has 2 aromatic heterocycles. The fourth-order valence-corrected chi connectivity index (χ4v) is 3.79. The Hall–Kier alpha value is -2.38. The zero-order valence-electron chi connectivity index (χ0n) is 14.0. The Morgan fingerprint density at radius 1 is 1.08 bits per heavy atom. The standard InChI is InChI=1S/C18H20N4O2S/c1-13(17-19-20-18(24-17)16-7-4-12-25-16)21-8-10-22(11-9-21)14-5-2-3-6-15(14)23/h2-7,12-13,23H,8-11H2,1H3/t13-/m0/s1. The molecule has 25 heavy (non-hydrogen) atoms. The molecule has 0 radical (unpaired) electrons. The predicted octanol–water partition coefficient (Wildman–Crippen LogP) is 3.39. The van der Waals surface area contributed by atoms with Gasteiger partial charge in [0.05, 0.1) is 16.6 Å². The van der Waals surface area contributed by atoms with E-state index in [4.69, 9.17) is 4.42 Å². The van der Waals surface area contributed by atoms with Crippen molar-refractivity contribution >= 4 is 17.0 Å². The number of phenolic OH excluding ortho intramolecular Hbond substituents is 1. The molecule has 1 saturated heterocycles. The number of anilines is 1. The molecule has 4 rings (SSSR count). The van der Waals surface area contributed by atoms with Crippen LogP contribution in [0.15, 0.2) is 46.2 Å². The molecule has 130 valence electrons. The topological polar surface area (TPSA) is 65.6 Å². The van der Waals surface area contributed by atoms with Crippen LogP contribution in [0.2, 0.25) is 0 Å². The van der Waals surface area contributed by atoms with E-state index in [1.165, 1.54) is 0 Å². The van der Waals surface area contributed by atoms with Crippen molar-refractivity contribution in [3.8, 4) is 16.5 Å². The smallest absolute Gasteiger partial charge is 0.257 e. The number of aromatic nitrogens is 2. The number of rotatable bonds is 4. The van der Waals surface area contributed by atoms with Crippen molar-refractivity contribution in [1.82, 2.24) is 15.1 Å². The van der Waals surface area contributed by atoms with Gasteiger partial charge in [0.25, 0.3) is 5.89 Å². The molecule has 7 heteroatoms. The molecular weight excluding hydrogens is 336 g/mol. The molecule has 1 aliphatic heterocycles. The molecule has 1 aromatic carbocycles. The van der Waals surface area contributed by atoms with Crippen LogP contribution < -0.4 is 4.90 Å². The summed E-state index contributed by atoms with van der Waals surface area (Å²) >= 11 is 1.60.